The van der Waals surface area contributed by atoms with Crippen molar-refractivity contribution in [1.29, 1.82) is 0 Å². The fourth-order valence-electron chi connectivity index (χ4n) is 0.863. The molecule has 0 radical (unpaired) electrons. The lowest BCUT2D eigenvalue weighted by molar-refractivity contribution is 0.0691. The van der Waals surface area contributed by atoms with E-state index in [9.17, 15) is 9.59 Å². The highest BCUT2D eigenvalue weighted by Gasteiger charge is 2.15. The normalized spacial score (nSPS) is 9.62. The van der Waals surface area contributed by atoms with Crippen LogP contribution in [0.15, 0.2) is 18.3 Å². The summed E-state index contributed by atoms with van der Waals surface area (Å²) in [5, 5.41) is 8.67. The van der Waals surface area contributed by atoms with Crippen LogP contribution in [0.3, 0.4) is 0 Å². The van der Waals surface area contributed by atoms with Gasteiger partial charge in [0.15, 0.2) is 5.78 Å². The van der Waals surface area contributed by atoms with Crippen LogP contribution in [-0.2, 0) is 0 Å². The van der Waals surface area contributed by atoms with Crippen LogP contribution in [0.25, 0.3) is 0 Å². The van der Waals surface area contributed by atoms with Gasteiger partial charge in [0.2, 0.25) is 0 Å². The lowest BCUT2D eigenvalue weighted by Crippen LogP contribution is -2.11. The topological polar surface area (TPSA) is 67.3 Å². The molecule has 0 spiro atoms. The van der Waals surface area contributed by atoms with Gasteiger partial charge >= 0.3 is 5.97 Å². The average molecular weight is 200 g/mol. The first-order chi connectivity index (χ1) is 6.16. The van der Waals surface area contributed by atoms with Crippen molar-refractivity contribution in [3.8, 4) is 0 Å². The van der Waals surface area contributed by atoms with Crippen molar-refractivity contribution in [1.82, 2.24) is 4.98 Å². The minimum Gasteiger partial charge on any atom is -0.478 e. The summed E-state index contributed by atoms with van der Waals surface area (Å²) >= 11 is 5.28. The molecule has 1 rings (SSSR count). The summed E-state index contributed by atoms with van der Waals surface area (Å²) in [4.78, 5) is 25.3. The SMILES string of the molecule is O=C(O)c1cccnc1C(=O)CCl. The second kappa shape index (κ2) is 4.00. The molecule has 0 saturated carbocycles. The van der Waals surface area contributed by atoms with E-state index >= 15 is 0 Å². The molecule has 0 amide bonds. The average Bonchev–Trinajstić information content (AvgIpc) is 2.16. The highest BCUT2D eigenvalue weighted by molar-refractivity contribution is 6.30. The monoisotopic (exact) mass is 199 g/mol. The molecule has 0 aliphatic heterocycles. The zero-order valence-electron chi connectivity index (χ0n) is 6.53. The number of ketones is 1. The van der Waals surface area contributed by atoms with Gasteiger partial charge in [0.1, 0.15) is 5.69 Å². The number of carboxylic acid groups (broad SMARTS) is 1. The number of hydrogen-bond donors (Lipinski definition) is 1. The van der Waals surface area contributed by atoms with Gasteiger partial charge in [-0.3, -0.25) is 9.78 Å². The number of carbonyl (C=O) groups is 2. The molecule has 1 aromatic rings. The van der Waals surface area contributed by atoms with E-state index in [0.29, 0.717) is 0 Å². The summed E-state index contributed by atoms with van der Waals surface area (Å²) in [6, 6.07) is 2.77. The predicted molar refractivity (Wildman–Crippen MR) is 46.2 cm³/mol. The van der Waals surface area contributed by atoms with E-state index in [4.69, 9.17) is 16.7 Å². The molecule has 1 N–H and O–H groups in total. The molecule has 4 nitrogen and oxygen atoms in total. The van der Waals surface area contributed by atoms with Crippen LogP contribution >= 0.6 is 11.6 Å². The maximum atomic E-state index is 11.1. The molecule has 5 heteroatoms. The van der Waals surface area contributed by atoms with Gasteiger partial charge in [0.05, 0.1) is 11.4 Å². The van der Waals surface area contributed by atoms with Crippen molar-refractivity contribution in [3.05, 3.63) is 29.6 Å². The molecule has 0 saturated heterocycles. The number of Topliss-reactive ketones (excluding diaryl/α,β-unsaturated/α-hetero) is 1. The number of pyridine rings is 1. The van der Waals surface area contributed by atoms with Crippen LogP contribution in [0.1, 0.15) is 20.8 Å². The summed E-state index contributed by atoms with van der Waals surface area (Å²) in [7, 11) is 0. The summed E-state index contributed by atoms with van der Waals surface area (Å²) in [5.74, 6) is -1.93. The van der Waals surface area contributed by atoms with Crippen LogP contribution in [-0.4, -0.2) is 27.7 Å². The fourth-order valence-corrected chi connectivity index (χ4v) is 0.990. The van der Waals surface area contributed by atoms with Crippen molar-refractivity contribution in [2.75, 3.05) is 5.88 Å². The van der Waals surface area contributed by atoms with Crippen molar-refractivity contribution in [2.45, 2.75) is 0 Å². The number of carboxylic acids is 1. The van der Waals surface area contributed by atoms with Gasteiger partial charge in [-0.05, 0) is 12.1 Å². The minimum atomic E-state index is -1.18. The summed E-state index contributed by atoms with van der Waals surface area (Å²) in [6.45, 7) is 0. The molecule has 0 aromatic carbocycles. The molecular formula is C8H6ClNO3. The number of alkyl halides is 1. The number of hydrogen-bond acceptors (Lipinski definition) is 3. The van der Waals surface area contributed by atoms with Crippen LogP contribution in [0.4, 0.5) is 0 Å². The van der Waals surface area contributed by atoms with Crippen molar-refractivity contribution >= 4 is 23.4 Å². The van der Waals surface area contributed by atoms with Gasteiger partial charge in [-0.2, -0.15) is 0 Å². The molecule has 0 bridgehead atoms. The quantitative estimate of drug-likeness (QED) is 0.587. The van der Waals surface area contributed by atoms with Gasteiger partial charge in [-0.25, -0.2) is 4.79 Å². The van der Waals surface area contributed by atoms with E-state index in [1.165, 1.54) is 18.3 Å². The Bertz CT molecular complexity index is 351. The van der Waals surface area contributed by atoms with Gasteiger partial charge in [0, 0.05) is 6.20 Å². The van der Waals surface area contributed by atoms with Gasteiger partial charge < -0.3 is 5.11 Å². The maximum absolute atomic E-state index is 11.1. The smallest absolute Gasteiger partial charge is 0.338 e. The Morgan fingerprint density at radius 2 is 2.23 bits per heavy atom. The molecule has 1 aromatic heterocycles. The van der Waals surface area contributed by atoms with E-state index in [2.05, 4.69) is 4.98 Å². The molecule has 1 heterocycles. The largest absolute Gasteiger partial charge is 0.478 e. The van der Waals surface area contributed by atoms with Gasteiger partial charge in [-0.15, -0.1) is 11.6 Å². The summed E-state index contributed by atoms with van der Waals surface area (Å²) < 4.78 is 0. The fraction of sp³-hybridized carbons (Fsp3) is 0.125. The number of halogens is 1. The maximum Gasteiger partial charge on any atom is 0.338 e. The first-order valence-electron chi connectivity index (χ1n) is 3.44. The zero-order chi connectivity index (χ0) is 9.84. The van der Waals surface area contributed by atoms with Crippen molar-refractivity contribution < 1.29 is 14.7 Å². The number of aromatic carboxylic acids is 1. The first kappa shape index (κ1) is 9.67. The summed E-state index contributed by atoms with van der Waals surface area (Å²) in [6.07, 6.45) is 1.35. The lowest BCUT2D eigenvalue weighted by atomic mass is 10.1. The minimum absolute atomic E-state index is 0.0926. The van der Waals surface area contributed by atoms with E-state index in [1.54, 1.807) is 0 Å². The molecule has 13 heavy (non-hydrogen) atoms. The Kier molecular flexibility index (Phi) is 2.97. The Labute approximate surface area is 79.2 Å². The third-order valence-corrected chi connectivity index (χ3v) is 1.67. The van der Waals surface area contributed by atoms with Crippen molar-refractivity contribution in [2.24, 2.45) is 0 Å². The Balaban J connectivity index is 3.19. The standard InChI is InChI=1S/C8H6ClNO3/c9-4-6(11)7-5(8(12)13)2-1-3-10-7/h1-3H,4H2,(H,12,13). The Morgan fingerprint density at radius 1 is 1.54 bits per heavy atom. The third kappa shape index (κ3) is 2.03. The molecule has 0 fully saturated rings. The van der Waals surface area contributed by atoms with Crippen LogP contribution < -0.4 is 0 Å². The van der Waals surface area contributed by atoms with Crippen LogP contribution in [0.5, 0.6) is 0 Å². The van der Waals surface area contributed by atoms with Crippen LogP contribution in [0, 0.1) is 0 Å². The molecule has 0 atom stereocenters. The third-order valence-electron chi connectivity index (χ3n) is 1.42. The lowest BCUT2D eigenvalue weighted by Gasteiger charge is -1.99. The molecule has 0 aliphatic carbocycles. The van der Waals surface area contributed by atoms with E-state index < -0.39 is 11.8 Å². The zero-order valence-corrected chi connectivity index (χ0v) is 7.28. The molecule has 68 valence electrons. The Hall–Kier alpha value is -1.42. The number of nitrogens with zero attached hydrogens (tertiary/aromatic N) is 1. The Morgan fingerprint density at radius 3 is 2.77 bits per heavy atom. The highest BCUT2D eigenvalue weighted by Crippen LogP contribution is 2.06. The van der Waals surface area contributed by atoms with E-state index in [1.807, 2.05) is 0 Å². The van der Waals surface area contributed by atoms with Crippen molar-refractivity contribution in [3.63, 3.8) is 0 Å². The highest BCUT2D eigenvalue weighted by atomic mass is 35.5. The second-order valence-electron chi connectivity index (χ2n) is 2.26. The molecule has 0 aliphatic rings. The number of rotatable bonds is 3. The van der Waals surface area contributed by atoms with Gasteiger partial charge in [-0.1, -0.05) is 0 Å². The number of carbonyl (C=O) groups excluding carboxylic acids is 1. The van der Waals surface area contributed by atoms with Gasteiger partial charge in [0.25, 0.3) is 0 Å². The molecule has 0 unspecified atom stereocenters. The molecular weight excluding hydrogens is 194 g/mol. The summed E-state index contributed by atoms with van der Waals surface area (Å²) in [5.41, 5.74) is -0.210. The van der Waals surface area contributed by atoms with E-state index in [-0.39, 0.29) is 17.1 Å². The predicted octanol–water partition coefficient (Wildman–Crippen LogP) is 1.20. The van der Waals surface area contributed by atoms with Crippen LogP contribution in [0.2, 0.25) is 0 Å². The number of aromatic nitrogens is 1. The second-order valence-corrected chi connectivity index (χ2v) is 2.53. The first-order valence-corrected chi connectivity index (χ1v) is 3.97. The van der Waals surface area contributed by atoms with E-state index in [0.717, 1.165) is 0 Å².